The molecule has 4 heterocycles. The number of hydrogen-bond donors (Lipinski definition) is 0. The highest BCUT2D eigenvalue weighted by molar-refractivity contribution is 6.36. The van der Waals surface area contributed by atoms with E-state index in [1.165, 1.54) is 0 Å². The molecule has 3 aliphatic heterocycles. The lowest BCUT2D eigenvalue weighted by Crippen LogP contribution is -2.50. The van der Waals surface area contributed by atoms with Crippen LogP contribution in [0.5, 0.6) is 0 Å². The number of aliphatic imine (C=N–C) groups is 1. The normalized spacial score (nSPS) is 23.4. The SMILES string of the molecule is COCCCCN1CCN(C(=O)C2C=C3C(=NC(=O)c4cnn(C5CCOCC5)c43)C=C2C)CC1. The Bertz CT molecular complexity index is 1060. The van der Waals surface area contributed by atoms with E-state index in [1.807, 2.05) is 28.7 Å². The second-order valence-corrected chi connectivity index (χ2v) is 9.81. The molecule has 2 amide bonds. The maximum Gasteiger partial charge on any atom is 0.281 e. The third-order valence-electron chi connectivity index (χ3n) is 7.53. The number of carbonyl (C=O) groups is 2. The molecule has 0 aromatic carbocycles. The zero-order valence-corrected chi connectivity index (χ0v) is 20.7. The van der Waals surface area contributed by atoms with Crippen molar-refractivity contribution in [3.8, 4) is 0 Å². The second kappa shape index (κ2) is 10.6. The molecule has 2 saturated heterocycles. The highest BCUT2D eigenvalue weighted by Gasteiger charge is 2.36. The van der Waals surface area contributed by atoms with Crippen molar-refractivity contribution in [1.82, 2.24) is 19.6 Å². The summed E-state index contributed by atoms with van der Waals surface area (Å²) in [5, 5.41) is 4.58. The fourth-order valence-electron chi connectivity index (χ4n) is 5.46. The minimum Gasteiger partial charge on any atom is -0.385 e. The smallest absolute Gasteiger partial charge is 0.281 e. The predicted molar refractivity (Wildman–Crippen MR) is 132 cm³/mol. The Hall–Kier alpha value is -2.62. The predicted octanol–water partition coefficient (Wildman–Crippen LogP) is 2.36. The van der Waals surface area contributed by atoms with E-state index >= 15 is 0 Å². The summed E-state index contributed by atoms with van der Waals surface area (Å²) >= 11 is 0. The van der Waals surface area contributed by atoms with Gasteiger partial charge in [0.1, 0.15) is 0 Å². The molecule has 0 bridgehead atoms. The Morgan fingerprint density at radius 2 is 1.94 bits per heavy atom. The summed E-state index contributed by atoms with van der Waals surface area (Å²) in [6, 6.07) is 0.179. The molecule has 0 saturated carbocycles. The van der Waals surface area contributed by atoms with Crippen molar-refractivity contribution < 1.29 is 19.1 Å². The molecular weight excluding hydrogens is 446 g/mol. The third-order valence-corrected chi connectivity index (χ3v) is 7.53. The molecule has 4 aliphatic rings. The molecule has 9 nitrogen and oxygen atoms in total. The van der Waals surface area contributed by atoms with Crippen LogP contribution in [-0.2, 0) is 14.3 Å². The molecule has 5 rings (SSSR count). The molecule has 2 fully saturated rings. The number of piperazine rings is 1. The van der Waals surface area contributed by atoms with Crippen LogP contribution in [0.4, 0.5) is 0 Å². The summed E-state index contributed by atoms with van der Waals surface area (Å²) in [5.41, 5.74) is 3.73. The van der Waals surface area contributed by atoms with Gasteiger partial charge in [-0.3, -0.25) is 19.2 Å². The van der Waals surface area contributed by atoms with E-state index in [4.69, 9.17) is 9.47 Å². The van der Waals surface area contributed by atoms with Crippen LogP contribution in [0.3, 0.4) is 0 Å². The number of amides is 2. The van der Waals surface area contributed by atoms with E-state index in [0.717, 1.165) is 81.9 Å². The lowest BCUT2D eigenvalue weighted by atomic mass is 9.84. The van der Waals surface area contributed by atoms with Crippen molar-refractivity contribution in [2.45, 2.75) is 38.6 Å². The second-order valence-electron chi connectivity index (χ2n) is 9.81. The summed E-state index contributed by atoms with van der Waals surface area (Å²) in [6.45, 7) is 8.44. The Balaban J connectivity index is 1.33. The van der Waals surface area contributed by atoms with Gasteiger partial charge in [-0.2, -0.15) is 5.10 Å². The van der Waals surface area contributed by atoms with E-state index in [1.54, 1.807) is 13.3 Å². The summed E-state index contributed by atoms with van der Waals surface area (Å²) in [6.07, 6.45) is 9.44. The highest BCUT2D eigenvalue weighted by Crippen LogP contribution is 2.37. The van der Waals surface area contributed by atoms with Gasteiger partial charge in [-0.1, -0.05) is 11.6 Å². The average molecular weight is 482 g/mol. The van der Waals surface area contributed by atoms with Crippen LogP contribution in [0.15, 0.2) is 28.9 Å². The quantitative estimate of drug-likeness (QED) is 0.556. The van der Waals surface area contributed by atoms with Gasteiger partial charge < -0.3 is 14.4 Å². The molecule has 1 aromatic rings. The Morgan fingerprint density at radius 1 is 1.17 bits per heavy atom. The van der Waals surface area contributed by atoms with Crippen LogP contribution in [-0.4, -0.2) is 96.8 Å². The van der Waals surface area contributed by atoms with Crippen molar-refractivity contribution in [3.05, 3.63) is 35.2 Å². The number of ether oxygens (including phenoxy) is 2. The van der Waals surface area contributed by atoms with Crippen LogP contribution >= 0.6 is 0 Å². The molecule has 1 aliphatic carbocycles. The molecule has 9 heteroatoms. The van der Waals surface area contributed by atoms with E-state index in [9.17, 15) is 9.59 Å². The Morgan fingerprint density at radius 3 is 2.69 bits per heavy atom. The monoisotopic (exact) mass is 481 g/mol. The minimum atomic E-state index is -0.351. The summed E-state index contributed by atoms with van der Waals surface area (Å²) in [5.74, 6) is -0.489. The first-order valence-electron chi connectivity index (χ1n) is 12.8. The van der Waals surface area contributed by atoms with Crippen LogP contribution in [0, 0.1) is 5.92 Å². The first-order chi connectivity index (χ1) is 17.1. The Kier molecular flexibility index (Phi) is 7.27. The number of fused-ring (bicyclic) bond motifs is 3. The van der Waals surface area contributed by atoms with Gasteiger partial charge in [-0.05, 0) is 45.2 Å². The maximum absolute atomic E-state index is 13.6. The van der Waals surface area contributed by atoms with Gasteiger partial charge in [0.25, 0.3) is 5.91 Å². The summed E-state index contributed by atoms with van der Waals surface area (Å²) < 4.78 is 12.6. The van der Waals surface area contributed by atoms with Gasteiger partial charge in [0.05, 0.1) is 35.1 Å². The van der Waals surface area contributed by atoms with Crippen molar-refractivity contribution in [2.24, 2.45) is 10.9 Å². The molecule has 0 radical (unpaired) electrons. The number of allylic oxidation sites excluding steroid dienone is 2. The molecule has 1 atom stereocenters. The van der Waals surface area contributed by atoms with Gasteiger partial charge in [-0.15, -0.1) is 0 Å². The molecule has 1 unspecified atom stereocenters. The number of rotatable bonds is 7. The number of nitrogens with zero attached hydrogens (tertiary/aromatic N) is 5. The summed E-state index contributed by atoms with van der Waals surface area (Å²) in [7, 11) is 1.74. The zero-order chi connectivity index (χ0) is 24.4. The number of carbonyl (C=O) groups excluding carboxylic acids is 2. The van der Waals surface area contributed by atoms with Crippen LogP contribution in [0.25, 0.3) is 5.57 Å². The van der Waals surface area contributed by atoms with Crippen molar-refractivity contribution in [3.63, 3.8) is 0 Å². The summed E-state index contributed by atoms with van der Waals surface area (Å²) in [4.78, 5) is 35.1. The van der Waals surface area contributed by atoms with E-state index in [-0.39, 0.29) is 23.8 Å². The first-order valence-corrected chi connectivity index (χ1v) is 12.8. The van der Waals surface area contributed by atoms with Gasteiger partial charge >= 0.3 is 0 Å². The highest BCUT2D eigenvalue weighted by atomic mass is 16.5. The lowest BCUT2D eigenvalue weighted by molar-refractivity contribution is -0.134. The van der Waals surface area contributed by atoms with Crippen LogP contribution < -0.4 is 0 Å². The number of hydrogen-bond acceptors (Lipinski definition) is 6. The third kappa shape index (κ3) is 4.90. The van der Waals surface area contributed by atoms with Gasteiger partial charge in [0.2, 0.25) is 5.91 Å². The minimum absolute atomic E-state index is 0.125. The molecule has 1 aromatic heterocycles. The molecule has 0 N–H and O–H groups in total. The van der Waals surface area contributed by atoms with E-state index in [0.29, 0.717) is 24.5 Å². The molecular formula is C26H35N5O4. The van der Waals surface area contributed by atoms with Crippen molar-refractivity contribution >= 4 is 23.1 Å². The average Bonchev–Trinajstić information content (AvgIpc) is 3.33. The van der Waals surface area contributed by atoms with Gasteiger partial charge in [-0.25, -0.2) is 4.99 Å². The van der Waals surface area contributed by atoms with E-state index < -0.39 is 0 Å². The largest absolute Gasteiger partial charge is 0.385 e. The van der Waals surface area contributed by atoms with E-state index in [2.05, 4.69) is 15.0 Å². The molecule has 0 spiro atoms. The van der Waals surface area contributed by atoms with Gasteiger partial charge in [0, 0.05) is 58.7 Å². The Labute approximate surface area is 206 Å². The molecule has 35 heavy (non-hydrogen) atoms. The van der Waals surface area contributed by atoms with Crippen molar-refractivity contribution in [1.29, 1.82) is 0 Å². The van der Waals surface area contributed by atoms with Gasteiger partial charge in [0.15, 0.2) is 0 Å². The topological polar surface area (TPSA) is 89.3 Å². The number of unbranched alkanes of at least 4 members (excludes halogenated alkanes) is 1. The fourth-order valence-corrected chi connectivity index (χ4v) is 5.46. The van der Waals surface area contributed by atoms with Crippen LogP contribution in [0.2, 0.25) is 0 Å². The number of aromatic nitrogens is 2. The standard InChI is InChI=1S/C26H35N5O4/c1-18-15-23-21(24-22(25(32)28-23)17-27-31(24)19-5-13-35-14-6-19)16-20(18)26(33)30-10-8-29(9-11-30)7-3-4-12-34-2/h15-17,19-20H,3-14H2,1-2H3. The zero-order valence-electron chi connectivity index (χ0n) is 20.7. The lowest BCUT2D eigenvalue weighted by Gasteiger charge is -2.37. The van der Waals surface area contributed by atoms with Crippen molar-refractivity contribution in [2.75, 3.05) is 59.7 Å². The fraction of sp³-hybridized carbons (Fsp3) is 0.615. The maximum atomic E-state index is 13.6. The molecule has 188 valence electrons. The first kappa shape index (κ1) is 24.1. The van der Waals surface area contributed by atoms with Crippen LogP contribution in [0.1, 0.15) is 54.7 Å². The number of methoxy groups -OCH3 is 1.